The number of alkyl halides is 3. The van der Waals surface area contributed by atoms with Crippen molar-refractivity contribution >= 4 is 11.4 Å². The predicted molar refractivity (Wildman–Crippen MR) is 71.0 cm³/mol. The van der Waals surface area contributed by atoms with E-state index >= 15 is 0 Å². The highest BCUT2D eigenvalue weighted by Crippen LogP contribution is 2.47. The highest BCUT2D eigenvalue weighted by molar-refractivity contribution is 5.63. The van der Waals surface area contributed by atoms with Crippen molar-refractivity contribution < 1.29 is 18.1 Å². The molecule has 1 aromatic rings. The Morgan fingerprint density at radius 2 is 1.76 bits per heavy atom. The lowest BCUT2D eigenvalue weighted by molar-refractivity contribution is -0.384. The fourth-order valence-corrected chi connectivity index (χ4v) is 2.69. The maximum atomic E-state index is 12.7. The molecule has 3 rings (SSSR count). The van der Waals surface area contributed by atoms with Crippen molar-refractivity contribution in [2.45, 2.75) is 37.9 Å². The molecular formula is C14H15F3N2O2. The summed E-state index contributed by atoms with van der Waals surface area (Å²) in [6.45, 7) is 0. The standard InChI is InChI=1S/C14H15F3N2O2/c15-14(16,17)10-5-6-11(12(7-10)19(20)21)18-13(8-1-2-8)9-3-4-9/h5-9,13,18H,1-4H2. The van der Waals surface area contributed by atoms with E-state index in [0.717, 1.165) is 31.7 Å². The molecule has 0 saturated heterocycles. The van der Waals surface area contributed by atoms with Crippen LogP contribution in [0.25, 0.3) is 0 Å². The Balaban J connectivity index is 1.88. The summed E-state index contributed by atoms with van der Waals surface area (Å²) in [5, 5.41) is 14.2. The average Bonchev–Trinajstić information content (AvgIpc) is 3.26. The van der Waals surface area contributed by atoms with Gasteiger partial charge in [-0.25, -0.2) is 0 Å². The lowest BCUT2D eigenvalue weighted by Crippen LogP contribution is -2.24. The molecule has 114 valence electrons. The molecule has 1 aromatic carbocycles. The van der Waals surface area contributed by atoms with Gasteiger partial charge in [0.05, 0.1) is 10.5 Å². The summed E-state index contributed by atoms with van der Waals surface area (Å²) in [6.07, 6.45) is -0.230. The van der Waals surface area contributed by atoms with Gasteiger partial charge >= 0.3 is 6.18 Å². The van der Waals surface area contributed by atoms with Crippen LogP contribution in [0.3, 0.4) is 0 Å². The zero-order chi connectivity index (χ0) is 15.2. The summed E-state index contributed by atoms with van der Waals surface area (Å²) in [5.41, 5.74) is -1.30. The van der Waals surface area contributed by atoms with E-state index in [1.807, 2.05) is 0 Å². The number of nitrogens with one attached hydrogen (secondary N) is 1. The van der Waals surface area contributed by atoms with Crippen molar-refractivity contribution in [3.8, 4) is 0 Å². The van der Waals surface area contributed by atoms with Gasteiger partial charge in [0.15, 0.2) is 0 Å². The second-order valence-corrected chi connectivity index (χ2v) is 5.83. The van der Waals surface area contributed by atoms with Gasteiger partial charge in [0, 0.05) is 12.1 Å². The first-order chi connectivity index (χ1) is 9.86. The largest absolute Gasteiger partial charge is 0.416 e. The zero-order valence-corrected chi connectivity index (χ0v) is 11.2. The van der Waals surface area contributed by atoms with Crippen LogP contribution in [-0.2, 0) is 6.18 Å². The highest BCUT2D eigenvalue weighted by atomic mass is 19.4. The first kappa shape index (κ1) is 14.2. The third-order valence-corrected chi connectivity index (χ3v) is 4.10. The molecule has 0 aliphatic heterocycles. The minimum absolute atomic E-state index is 0.153. The molecule has 0 radical (unpaired) electrons. The molecular weight excluding hydrogens is 285 g/mol. The number of rotatable bonds is 5. The number of hydrogen-bond donors (Lipinski definition) is 1. The Morgan fingerprint density at radius 1 is 1.19 bits per heavy atom. The van der Waals surface area contributed by atoms with Gasteiger partial charge in [0.1, 0.15) is 5.69 Å². The van der Waals surface area contributed by atoms with Crippen LogP contribution in [0.4, 0.5) is 24.5 Å². The predicted octanol–water partition coefficient (Wildman–Crippen LogP) is 4.21. The summed E-state index contributed by atoms with van der Waals surface area (Å²) < 4.78 is 38.0. The zero-order valence-electron chi connectivity index (χ0n) is 11.2. The molecule has 0 atom stereocenters. The van der Waals surface area contributed by atoms with Crippen LogP contribution in [0, 0.1) is 22.0 Å². The van der Waals surface area contributed by atoms with E-state index < -0.39 is 22.4 Å². The van der Waals surface area contributed by atoms with Crippen molar-refractivity contribution in [1.82, 2.24) is 0 Å². The Kier molecular flexibility index (Phi) is 3.30. The number of anilines is 1. The van der Waals surface area contributed by atoms with Gasteiger partial charge in [-0.1, -0.05) is 0 Å². The summed E-state index contributed by atoms with van der Waals surface area (Å²) in [4.78, 5) is 10.3. The maximum Gasteiger partial charge on any atom is 0.416 e. The van der Waals surface area contributed by atoms with Gasteiger partial charge in [-0.3, -0.25) is 10.1 Å². The van der Waals surface area contributed by atoms with Crippen molar-refractivity contribution in [2.24, 2.45) is 11.8 Å². The van der Waals surface area contributed by atoms with Crippen LogP contribution < -0.4 is 5.32 Å². The number of nitro benzene ring substituents is 1. The minimum Gasteiger partial charge on any atom is -0.376 e. The lowest BCUT2D eigenvalue weighted by Gasteiger charge is -2.19. The first-order valence-corrected chi connectivity index (χ1v) is 6.98. The maximum absolute atomic E-state index is 12.7. The van der Waals surface area contributed by atoms with Crippen molar-refractivity contribution in [3.05, 3.63) is 33.9 Å². The fourth-order valence-electron chi connectivity index (χ4n) is 2.69. The molecule has 0 aromatic heterocycles. The van der Waals surface area contributed by atoms with E-state index in [-0.39, 0.29) is 11.7 Å². The smallest absolute Gasteiger partial charge is 0.376 e. The van der Waals surface area contributed by atoms with Gasteiger partial charge < -0.3 is 5.32 Å². The molecule has 1 N–H and O–H groups in total. The van der Waals surface area contributed by atoms with E-state index in [0.29, 0.717) is 17.9 Å². The number of halogens is 3. The molecule has 0 unspecified atom stereocenters. The van der Waals surface area contributed by atoms with Gasteiger partial charge in [-0.15, -0.1) is 0 Å². The Bertz CT molecular complexity index is 554. The van der Waals surface area contributed by atoms with E-state index in [4.69, 9.17) is 0 Å². The SMILES string of the molecule is O=[N+]([O-])c1cc(C(F)(F)F)ccc1NC(C1CC1)C1CC1. The van der Waals surface area contributed by atoms with Crippen LogP contribution in [0.1, 0.15) is 31.2 Å². The molecule has 4 nitrogen and oxygen atoms in total. The lowest BCUT2D eigenvalue weighted by atomic mass is 10.1. The molecule has 21 heavy (non-hydrogen) atoms. The molecule has 0 heterocycles. The Hall–Kier alpha value is -1.79. The molecule has 2 aliphatic carbocycles. The summed E-state index contributed by atoms with van der Waals surface area (Å²) >= 11 is 0. The normalized spacial score (nSPS) is 18.9. The summed E-state index contributed by atoms with van der Waals surface area (Å²) in [5.74, 6) is 0.999. The van der Waals surface area contributed by atoms with Crippen molar-refractivity contribution in [2.75, 3.05) is 5.32 Å². The number of nitrogens with zero attached hydrogens (tertiary/aromatic N) is 1. The second-order valence-electron chi connectivity index (χ2n) is 5.83. The topological polar surface area (TPSA) is 55.2 Å². The Morgan fingerprint density at radius 3 is 2.19 bits per heavy atom. The molecule has 0 spiro atoms. The number of hydrogen-bond acceptors (Lipinski definition) is 3. The third-order valence-electron chi connectivity index (χ3n) is 4.10. The first-order valence-electron chi connectivity index (χ1n) is 6.98. The molecule has 0 amide bonds. The quantitative estimate of drug-likeness (QED) is 0.654. The van der Waals surface area contributed by atoms with Crippen LogP contribution in [0.2, 0.25) is 0 Å². The van der Waals surface area contributed by atoms with Gasteiger partial charge in [0.25, 0.3) is 5.69 Å². The Labute approximate surface area is 119 Å². The van der Waals surface area contributed by atoms with Crippen LogP contribution in [0.5, 0.6) is 0 Å². The molecule has 2 saturated carbocycles. The monoisotopic (exact) mass is 300 g/mol. The minimum atomic E-state index is -4.57. The van der Waals surface area contributed by atoms with Crippen molar-refractivity contribution in [3.63, 3.8) is 0 Å². The molecule has 2 fully saturated rings. The van der Waals surface area contributed by atoms with Gasteiger partial charge in [-0.05, 0) is 49.7 Å². The second kappa shape index (κ2) is 4.89. The summed E-state index contributed by atoms with van der Waals surface area (Å²) in [6, 6.07) is 2.84. The van der Waals surface area contributed by atoms with Gasteiger partial charge in [0.2, 0.25) is 0 Å². The van der Waals surface area contributed by atoms with Gasteiger partial charge in [-0.2, -0.15) is 13.2 Å². The van der Waals surface area contributed by atoms with E-state index in [9.17, 15) is 23.3 Å². The molecule has 2 aliphatic rings. The number of benzene rings is 1. The summed E-state index contributed by atoms with van der Waals surface area (Å²) in [7, 11) is 0. The molecule has 0 bridgehead atoms. The van der Waals surface area contributed by atoms with E-state index in [2.05, 4.69) is 5.32 Å². The van der Waals surface area contributed by atoms with E-state index in [1.165, 1.54) is 6.07 Å². The molecule has 7 heteroatoms. The van der Waals surface area contributed by atoms with Crippen molar-refractivity contribution in [1.29, 1.82) is 0 Å². The van der Waals surface area contributed by atoms with Crippen LogP contribution >= 0.6 is 0 Å². The van der Waals surface area contributed by atoms with Crippen LogP contribution in [-0.4, -0.2) is 11.0 Å². The van der Waals surface area contributed by atoms with E-state index in [1.54, 1.807) is 0 Å². The number of nitro groups is 1. The average molecular weight is 300 g/mol. The third kappa shape index (κ3) is 3.11. The highest BCUT2D eigenvalue weighted by Gasteiger charge is 2.42. The van der Waals surface area contributed by atoms with Crippen LogP contribution in [0.15, 0.2) is 18.2 Å². The fraction of sp³-hybridized carbons (Fsp3) is 0.571.